The lowest BCUT2D eigenvalue weighted by atomic mass is 10.2. The molecule has 0 N–H and O–H groups in total. The lowest BCUT2D eigenvalue weighted by molar-refractivity contribution is -0.0552. The van der Waals surface area contributed by atoms with Gasteiger partial charge in [0.1, 0.15) is 6.79 Å². The summed E-state index contributed by atoms with van der Waals surface area (Å²) in [6, 6.07) is 0. The van der Waals surface area contributed by atoms with E-state index in [9.17, 15) is 0 Å². The highest BCUT2D eigenvalue weighted by Gasteiger charge is 1.90. The lowest BCUT2D eigenvalue weighted by Gasteiger charge is -2.04. The summed E-state index contributed by atoms with van der Waals surface area (Å²) in [5.74, 6) is 2.63. The van der Waals surface area contributed by atoms with Crippen LogP contribution in [0.4, 0.5) is 0 Å². The fourth-order valence-electron chi connectivity index (χ4n) is 1.03. The minimum absolute atomic E-state index is 0.440. The van der Waals surface area contributed by atoms with Crippen LogP contribution in [0.15, 0.2) is 0 Å². The molecule has 0 aliphatic heterocycles. The third-order valence-electron chi connectivity index (χ3n) is 1.92. The van der Waals surface area contributed by atoms with Crippen LogP contribution in [0, 0.1) is 12.3 Å². The molecule has 0 bridgehead atoms. The lowest BCUT2D eigenvalue weighted by Crippen LogP contribution is -2.02. The molecule has 0 atom stereocenters. The van der Waals surface area contributed by atoms with Crippen molar-refractivity contribution >= 4 is 0 Å². The molecule has 0 heterocycles. The topological polar surface area (TPSA) is 18.5 Å². The summed E-state index contributed by atoms with van der Waals surface area (Å²) in [6.07, 6.45) is 11.6. The minimum atomic E-state index is 0.440. The van der Waals surface area contributed by atoms with Crippen LogP contribution in [-0.2, 0) is 9.47 Å². The first-order chi connectivity index (χ1) is 6.91. The molecule has 82 valence electrons. The van der Waals surface area contributed by atoms with Crippen molar-refractivity contribution in [3.8, 4) is 12.3 Å². The molecule has 0 aliphatic carbocycles. The monoisotopic (exact) mass is 198 g/mol. The van der Waals surface area contributed by atoms with Crippen molar-refractivity contribution in [3.05, 3.63) is 0 Å². The van der Waals surface area contributed by atoms with E-state index in [-0.39, 0.29) is 0 Å². The molecule has 0 fully saturated rings. The maximum Gasteiger partial charge on any atom is 0.146 e. The van der Waals surface area contributed by atoms with Gasteiger partial charge in [-0.3, -0.25) is 0 Å². The van der Waals surface area contributed by atoms with Crippen molar-refractivity contribution in [2.45, 2.75) is 45.4 Å². The minimum Gasteiger partial charge on any atom is -0.355 e. The van der Waals surface area contributed by atoms with Gasteiger partial charge in [0.15, 0.2) is 0 Å². The Morgan fingerprint density at radius 1 is 1.00 bits per heavy atom. The number of unbranched alkanes of at least 4 members (excludes halogenated alkanes) is 4. The second-order valence-corrected chi connectivity index (χ2v) is 3.30. The second kappa shape index (κ2) is 12.5. The molecule has 0 aliphatic rings. The second-order valence-electron chi connectivity index (χ2n) is 3.30. The molecule has 0 amide bonds. The summed E-state index contributed by atoms with van der Waals surface area (Å²) in [5.41, 5.74) is 0. The Hall–Kier alpha value is -0.520. The molecular formula is C12H22O2. The maximum absolute atomic E-state index is 5.29. The highest BCUT2D eigenvalue weighted by atomic mass is 16.7. The van der Waals surface area contributed by atoms with Gasteiger partial charge < -0.3 is 9.47 Å². The van der Waals surface area contributed by atoms with Crippen LogP contribution in [-0.4, -0.2) is 20.0 Å². The zero-order valence-corrected chi connectivity index (χ0v) is 9.26. The van der Waals surface area contributed by atoms with E-state index in [1.54, 1.807) is 0 Å². The Morgan fingerprint density at radius 2 is 1.71 bits per heavy atom. The maximum atomic E-state index is 5.29. The van der Waals surface area contributed by atoms with Gasteiger partial charge in [-0.25, -0.2) is 0 Å². The van der Waals surface area contributed by atoms with Gasteiger partial charge in [0.2, 0.25) is 0 Å². The zero-order valence-electron chi connectivity index (χ0n) is 9.26. The van der Waals surface area contributed by atoms with Crippen molar-refractivity contribution in [3.63, 3.8) is 0 Å². The Bertz CT molecular complexity index is 138. The van der Waals surface area contributed by atoms with Gasteiger partial charge in [-0.15, -0.1) is 12.3 Å². The van der Waals surface area contributed by atoms with Gasteiger partial charge in [0.05, 0.1) is 0 Å². The molecule has 0 saturated heterocycles. The van der Waals surface area contributed by atoms with Crippen molar-refractivity contribution in [2.75, 3.05) is 20.0 Å². The SMILES string of the molecule is C#CCCCCCOCOCCCC. The predicted octanol–water partition coefficient (Wildman–Crippen LogP) is 2.97. The Labute approximate surface area is 88.0 Å². The molecular weight excluding hydrogens is 176 g/mol. The van der Waals surface area contributed by atoms with E-state index >= 15 is 0 Å². The van der Waals surface area contributed by atoms with E-state index in [0.717, 1.165) is 45.3 Å². The quantitative estimate of drug-likeness (QED) is 0.305. The fourth-order valence-corrected chi connectivity index (χ4v) is 1.03. The molecule has 0 aromatic rings. The van der Waals surface area contributed by atoms with E-state index < -0.39 is 0 Å². The van der Waals surface area contributed by atoms with Crippen molar-refractivity contribution in [1.82, 2.24) is 0 Å². The van der Waals surface area contributed by atoms with Gasteiger partial charge >= 0.3 is 0 Å². The number of terminal acetylenes is 1. The summed E-state index contributed by atoms with van der Waals surface area (Å²) in [7, 11) is 0. The zero-order chi connectivity index (χ0) is 10.5. The van der Waals surface area contributed by atoms with Crippen LogP contribution < -0.4 is 0 Å². The van der Waals surface area contributed by atoms with Crippen molar-refractivity contribution in [2.24, 2.45) is 0 Å². The van der Waals surface area contributed by atoms with Crippen molar-refractivity contribution in [1.29, 1.82) is 0 Å². The van der Waals surface area contributed by atoms with Crippen LogP contribution in [0.1, 0.15) is 45.4 Å². The molecule has 2 heteroatoms. The van der Waals surface area contributed by atoms with E-state index in [4.69, 9.17) is 15.9 Å². The van der Waals surface area contributed by atoms with Crippen LogP contribution in [0.2, 0.25) is 0 Å². The van der Waals surface area contributed by atoms with Gasteiger partial charge in [-0.1, -0.05) is 19.8 Å². The van der Waals surface area contributed by atoms with Gasteiger partial charge in [0.25, 0.3) is 0 Å². The molecule has 0 saturated carbocycles. The summed E-state index contributed by atoms with van der Waals surface area (Å²) in [4.78, 5) is 0. The molecule has 14 heavy (non-hydrogen) atoms. The fraction of sp³-hybridized carbons (Fsp3) is 0.833. The first-order valence-corrected chi connectivity index (χ1v) is 5.50. The summed E-state index contributed by atoms with van der Waals surface area (Å²) < 4.78 is 10.5. The third-order valence-corrected chi connectivity index (χ3v) is 1.92. The number of hydrogen-bond donors (Lipinski definition) is 0. The molecule has 0 spiro atoms. The standard InChI is InChI=1S/C12H22O2/c1-3-5-7-8-9-11-14-12-13-10-6-4-2/h1H,4-12H2,2H3. The first kappa shape index (κ1) is 13.5. The van der Waals surface area contributed by atoms with E-state index in [0.29, 0.717) is 6.79 Å². The average molecular weight is 198 g/mol. The molecule has 0 aromatic carbocycles. The summed E-state index contributed by atoms with van der Waals surface area (Å²) in [6.45, 7) is 4.19. The first-order valence-electron chi connectivity index (χ1n) is 5.50. The molecule has 0 rings (SSSR count). The highest BCUT2D eigenvalue weighted by Crippen LogP contribution is 1.98. The van der Waals surface area contributed by atoms with E-state index in [1.165, 1.54) is 6.42 Å². The average Bonchev–Trinajstić information content (AvgIpc) is 2.21. The normalized spacial score (nSPS) is 10.0. The van der Waals surface area contributed by atoms with Crippen LogP contribution in [0.3, 0.4) is 0 Å². The van der Waals surface area contributed by atoms with Gasteiger partial charge in [-0.2, -0.15) is 0 Å². The molecule has 0 unspecified atom stereocenters. The smallest absolute Gasteiger partial charge is 0.146 e. The third kappa shape index (κ3) is 11.5. The Kier molecular flexibility index (Phi) is 12.0. The highest BCUT2D eigenvalue weighted by molar-refractivity contribution is 4.82. The van der Waals surface area contributed by atoms with Crippen LogP contribution in [0.5, 0.6) is 0 Å². The number of rotatable bonds is 10. The Morgan fingerprint density at radius 3 is 2.36 bits per heavy atom. The largest absolute Gasteiger partial charge is 0.355 e. The molecule has 0 aromatic heterocycles. The van der Waals surface area contributed by atoms with Crippen LogP contribution >= 0.6 is 0 Å². The van der Waals surface area contributed by atoms with E-state index in [2.05, 4.69) is 12.8 Å². The van der Waals surface area contributed by atoms with Gasteiger partial charge in [0, 0.05) is 19.6 Å². The van der Waals surface area contributed by atoms with E-state index in [1.807, 2.05) is 0 Å². The number of ether oxygens (including phenoxy) is 2. The molecule has 0 radical (unpaired) electrons. The summed E-state index contributed by atoms with van der Waals surface area (Å²) in [5, 5.41) is 0. The van der Waals surface area contributed by atoms with Crippen LogP contribution in [0.25, 0.3) is 0 Å². The van der Waals surface area contributed by atoms with Crippen molar-refractivity contribution < 1.29 is 9.47 Å². The Balaban J connectivity index is 2.82. The summed E-state index contributed by atoms with van der Waals surface area (Å²) >= 11 is 0. The van der Waals surface area contributed by atoms with Gasteiger partial charge in [-0.05, 0) is 19.3 Å². The predicted molar refractivity (Wildman–Crippen MR) is 59.0 cm³/mol. The molecule has 2 nitrogen and oxygen atoms in total. The number of hydrogen-bond acceptors (Lipinski definition) is 2.